The van der Waals surface area contributed by atoms with Gasteiger partial charge in [-0.15, -0.1) is 0 Å². The van der Waals surface area contributed by atoms with E-state index < -0.39 is 15.7 Å². The first kappa shape index (κ1) is 15.8. The third kappa shape index (κ3) is 4.19. The molecule has 0 saturated heterocycles. The lowest BCUT2D eigenvalue weighted by atomic mass is 10.1. The van der Waals surface area contributed by atoms with Crippen molar-refractivity contribution in [1.29, 1.82) is 0 Å². The molecule has 0 unspecified atom stereocenters. The van der Waals surface area contributed by atoms with Crippen LogP contribution >= 0.6 is 11.6 Å². The third-order valence-corrected chi connectivity index (χ3v) is 4.37. The average molecular weight is 328 g/mol. The summed E-state index contributed by atoms with van der Waals surface area (Å²) in [6.07, 6.45) is 1.16. The molecule has 0 atom stereocenters. The Balaban J connectivity index is 2.23. The fraction of sp³-hybridized carbons (Fsp3) is 0.200. The standard InChI is InChI=1S/C15H15ClFNO2S/c1-10-3-4-14(21(2,19)20)8-15(10)18-9-11-5-12(16)7-13(17)6-11/h3-8,18H,9H2,1-2H3. The number of hydrogen-bond donors (Lipinski definition) is 1. The molecule has 0 heterocycles. The number of nitrogens with one attached hydrogen (secondary N) is 1. The van der Waals surface area contributed by atoms with E-state index in [1.807, 2.05) is 6.92 Å². The van der Waals surface area contributed by atoms with Crippen LogP contribution in [0.25, 0.3) is 0 Å². The van der Waals surface area contributed by atoms with Crippen LogP contribution in [0.4, 0.5) is 10.1 Å². The largest absolute Gasteiger partial charge is 0.381 e. The molecule has 0 bridgehead atoms. The first-order chi connectivity index (χ1) is 9.75. The van der Waals surface area contributed by atoms with E-state index >= 15 is 0 Å². The van der Waals surface area contributed by atoms with Gasteiger partial charge in [-0.2, -0.15) is 0 Å². The van der Waals surface area contributed by atoms with Crippen molar-refractivity contribution in [1.82, 2.24) is 0 Å². The van der Waals surface area contributed by atoms with Gasteiger partial charge in [-0.25, -0.2) is 12.8 Å². The molecule has 0 aliphatic carbocycles. The zero-order valence-corrected chi connectivity index (χ0v) is 13.2. The number of halogens is 2. The van der Waals surface area contributed by atoms with Crippen molar-refractivity contribution in [3.05, 3.63) is 58.4 Å². The first-order valence-corrected chi connectivity index (χ1v) is 8.52. The van der Waals surface area contributed by atoms with Crippen LogP contribution in [0.2, 0.25) is 5.02 Å². The molecule has 0 saturated carbocycles. The Morgan fingerprint density at radius 2 is 1.90 bits per heavy atom. The van der Waals surface area contributed by atoms with Crippen molar-refractivity contribution in [3.8, 4) is 0 Å². The molecule has 2 aromatic rings. The second kappa shape index (κ2) is 6.03. The fourth-order valence-electron chi connectivity index (χ4n) is 1.93. The van der Waals surface area contributed by atoms with Crippen molar-refractivity contribution in [2.75, 3.05) is 11.6 Å². The lowest BCUT2D eigenvalue weighted by molar-refractivity contribution is 0.602. The highest BCUT2D eigenvalue weighted by Crippen LogP contribution is 2.22. The van der Waals surface area contributed by atoms with E-state index in [1.165, 1.54) is 12.1 Å². The SMILES string of the molecule is Cc1ccc(S(C)(=O)=O)cc1NCc1cc(F)cc(Cl)c1. The minimum atomic E-state index is -3.26. The Hall–Kier alpha value is -1.59. The molecule has 21 heavy (non-hydrogen) atoms. The van der Waals surface area contributed by atoms with E-state index in [9.17, 15) is 12.8 Å². The van der Waals surface area contributed by atoms with E-state index in [4.69, 9.17) is 11.6 Å². The van der Waals surface area contributed by atoms with Crippen LogP contribution in [-0.4, -0.2) is 14.7 Å². The molecule has 0 aromatic heterocycles. The fourth-order valence-corrected chi connectivity index (χ4v) is 2.82. The van der Waals surface area contributed by atoms with Crippen LogP contribution in [-0.2, 0) is 16.4 Å². The Kier molecular flexibility index (Phi) is 4.54. The maximum Gasteiger partial charge on any atom is 0.175 e. The van der Waals surface area contributed by atoms with Crippen LogP contribution in [0.15, 0.2) is 41.3 Å². The molecular weight excluding hydrogens is 313 g/mol. The monoisotopic (exact) mass is 327 g/mol. The van der Waals surface area contributed by atoms with Crippen molar-refractivity contribution in [2.45, 2.75) is 18.4 Å². The number of sulfone groups is 1. The maximum atomic E-state index is 13.3. The summed E-state index contributed by atoms with van der Waals surface area (Å²) in [6, 6.07) is 9.15. The van der Waals surface area contributed by atoms with Gasteiger partial charge < -0.3 is 5.32 Å². The summed E-state index contributed by atoms with van der Waals surface area (Å²) in [4.78, 5) is 0.243. The van der Waals surface area contributed by atoms with Crippen LogP contribution in [0.1, 0.15) is 11.1 Å². The average Bonchev–Trinajstić information content (AvgIpc) is 2.35. The van der Waals surface area contributed by atoms with E-state index in [0.717, 1.165) is 11.8 Å². The van der Waals surface area contributed by atoms with Gasteiger partial charge >= 0.3 is 0 Å². The molecule has 0 amide bonds. The molecule has 2 aromatic carbocycles. The lowest BCUT2D eigenvalue weighted by Crippen LogP contribution is -2.04. The van der Waals surface area contributed by atoms with Crippen LogP contribution < -0.4 is 5.32 Å². The second-order valence-corrected chi connectivity index (χ2v) is 7.33. The highest BCUT2D eigenvalue weighted by Gasteiger charge is 2.09. The molecule has 0 radical (unpaired) electrons. The lowest BCUT2D eigenvalue weighted by Gasteiger charge is -2.11. The van der Waals surface area contributed by atoms with Gasteiger partial charge in [0.05, 0.1) is 4.90 Å². The van der Waals surface area contributed by atoms with Gasteiger partial charge in [-0.3, -0.25) is 0 Å². The molecule has 0 fully saturated rings. The Labute approximate surface area is 128 Å². The number of rotatable bonds is 4. The molecule has 0 aliphatic rings. The van der Waals surface area contributed by atoms with Gasteiger partial charge in [0, 0.05) is 23.5 Å². The summed E-state index contributed by atoms with van der Waals surface area (Å²) < 4.78 is 36.4. The predicted octanol–water partition coefficient (Wildman–Crippen LogP) is 3.80. The Morgan fingerprint density at radius 3 is 2.52 bits per heavy atom. The number of aryl methyl sites for hydroxylation is 1. The van der Waals surface area contributed by atoms with Crippen LogP contribution in [0.3, 0.4) is 0 Å². The van der Waals surface area contributed by atoms with Gasteiger partial charge in [0.15, 0.2) is 9.84 Å². The van der Waals surface area contributed by atoms with Gasteiger partial charge in [0.2, 0.25) is 0 Å². The molecule has 112 valence electrons. The summed E-state index contributed by atoms with van der Waals surface area (Å²) in [7, 11) is -3.26. The normalized spacial score (nSPS) is 11.4. The quantitative estimate of drug-likeness (QED) is 0.929. The van der Waals surface area contributed by atoms with Crippen LogP contribution in [0, 0.1) is 12.7 Å². The number of benzene rings is 2. The van der Waals surface area contributed by atoms with Gasteiger partial charge in [-0.1, -0.05) is 17.7 Å². The molecule has 6 heteroatoms. The summed E-state index contributed by atoms with van der Waals surface area (Å²) in [6.45, 7) is 2.22. The third-order valence-electron chi connectivity index (χ3n) is 3.04. The number of hydrogen-bond acceptors (Lipinski definition) is 3. The Morgan fingerprint density at radius 1 is 1.19 bits per heavy atom. The summed E-state index contributed by atoms with van der Waals surface area (Å²) in [5.41, 5.74) is 2.28. The van der Waals surface area contributed by atoms with E-state index in [0.29, 0.717) is 22.8 Å². The van der Waals surface area contributed by atoms with Gasteiger partial charge in [-0.05, 0) is 48.4 Å². The Bertz CT molecular complexity index is 755. The molecule has 2 rings (SSSR count). The molecule has 3 nitrogen and oxygen atoms in total. The molecule has 0 spiro atoms. The van der Waals surface area contributed by atoms with Crippen LogP contribution in [0.5, 0.6) is 0 Å². The van der Waals surface area contributed by atoms with E-state index in [-0.39, 0.29) is 4.90 Å². The van der Waals surface area contributed by atoms with Gasteiger partial charge in [0.1, 0.15) is 5.82 Å². The maximum absolute atomic E-state index is 13.3. The topological polar surface area (TPSA) is 46.2 Å². The van der Waals surface area contributed by atoms with Gasteiger partial charge in [0.25, 0.3) is 0 Å². The highest BCUT2D eigenvalue weighted by molar-refractivity contribution is 7.90. The minimum Gasteiger partial charge on any atom is -0.381 e. The van der Waals surface area contributed by atoms with E-state index in [2.05, 4.69) is 5.32 Å². The van der Waals surface area contributed by atoms with E-state index in [1.54, 1.807) is 24.3 Å². The molecule has 0 aliphatic heterocycles. The van der Waals surface area contributed by atoms with Crippen molar-refractivity contribution in [3.63, 3.8) is 0 Å². The molecular formula is C15H15ClFNO2S. The molecule has 1 N–H and O–H groups in total. The smallest absolute Gasteiger partial charge is 0.175 e. The summed E-state index contributed by atoms with van der Waals surface area (Å²) >= 11 is 5.80. The van der Waals surface area contributed by atoms with Crippen molar-refractivity contribution >= 4 is 27.1 Å². The number of anilines is 1. The first-order valence-electron chi connectivity index (χ1n) is 6.25. The zero-order valence-electron chi connectivity index (χ0n) is 11.7. The minimum absolute atomic E-state index is 0.243. The summed E-state index contributed by atoms with van der Waals surface area (Å²) in [5, 5.41) is 3.43. The summed E-state index contributed by atoms with van der Waals surface area (Å²) in [5.74, 6) is -0.402. The zero-order chi connectivity index (χ0) is 15.6. The predicted molar refractivity (Wildman–Crippen MR) is 83.0 cm³/mol. The van der Waals surface area contributed by atoms with Crippen molar-refractivity contribution in [2.24, 2.45) is 0 Å². The highest BCUT2D eigenvalue weighted by atomic mass is 35.5. The van der Waals surface area contributed by atoms with Crippen molar-refractivity contribution < 1.29 is 12.8 Å². The second-order valence-electron chi connectivity index (χ2n) is 4.88.